The van der Waals surface area contributed by atoms with E-state index < -0.39 is 35.9 Å². The predicted molar refractivity (Wildman–Crippen MR) is 69.8 cm³/mol. The standard InChI is InChI=1S/C13H14F3N3O4/c1-2-23-10(20)8-9(7-4-3-5-17-6-7)18-11(21)19-12(8,22)13(14,15)16/h3-6,8-9,22H,2H2,1H3,(H2,18,19,21)/t8-,9+,12-/m0/s1. The van der Waals surface area contributed by atoms with E-state index in [0.29, 0.717) is 0 Å². The van der Waals surface area contributed by atoms with Crippen LogP contribution in [0.15, 0.2) is 24.5 Å². The lowest BCUT2D eigenvalue weighted by atomic mass is 9.82. The summed E-state index contributed by atoms with van der Waals surface area (Å²) in [5.41, 5.74) is -3.63. The van der Waals surface area contributed by atoms with Gasteiger partial charge in [0.15, 0.2) is 0 Å². The van der Waals surface area contributed by atoms with Crippen molar-refractivity contribution in [2.75, 3.05) is 6.61 Å². The van der Waals surface area contributed by atoms with Crippen LogP contribution in [-0.2, 0) is 9.53 Å². The fourth-order valence-electron chi connectivity index (χ4n) is 2.37. The van der Waals surface area contributed by atoms with Crippen LogP contribution in [0.3, 0.4) is 0 Å². The maximum atomic E-state index is 13.3. The highest BCUT2D eigenvalue weighted by Gasteiger charge is 2.67. The highest BCUT2D eigenvalue weighted by atomic mass is 19.4. The first-order chi connectivity index (χ1) is 10.7. The number of pyridine rings is 1. The molecular weight excluding hydrogens is 319 g/mol. The minimum atomic E-state index is -5.29. The summed E-state index contributed by atoms with van der Waals surface area (Å²) in [5, 5.41) is 13.6. The number of ether oxygens (including phenoxy) is 1. The molecule has 23 heavy (non-hydrogen) atoms. The Morgan fingerprint density at radius 2 is 2.22 bits per heavy atom. The summed E-state index contributed by atoms with van der Waals surface area (Å²) in [6.45, 7) is 1.23. The molecule has 0 saturated carbocycles. The molecule has 3 N–H and O–H groups in total. The quantitative estimate of drug-likeness (QED) is 0.713. The lowest BCUT2D eigenvalue weighted by Crippen LogP contribution is -2.73. The molecular formula is C13H14F3N3O4. The third-order valence-electron chi connectivity index (χ3n) is 3.39. The smallest absolute Gasteiger partial charge is 0.437 e. The van der Waals surface area contributed by atoms with Gasteiger partial charge in [-0.1, -0.05) is 6.07 Å². The van der Waals surface area contributed by atoms with Crippen molar-refractivity contribution in [3.63, 3.8) is 0 Å². The molecule has 0 unspecified atom stereocenters. The van der Waals surface area contributed by atoms with E-state index >= 15 is 0 Å². The van der Waals surface area contributed by atoms with Crippen LogP contribution in [0.5, 0.6) is 0 Å². The van der Waals surface area contributed by atoms with Crippen LogP contribution < -0.4 is 10.6 Å². The molecule has 2 amide bonds. The van der Waals surface area contributed by atoms with E-state index in [9.17, 15) is 27.9 Å². The summed E-state index contributed by atoms with van der Waals surface area (Å²) in [6.07, 6.45) is -2.72. The summed E-state index contributed by atoms with van der Waals surface area (Å²) in [5.74, 6) is -3.43. The molecule has 0 spiro atoms. The number of urea groups is 1. The van der Waals surface area contributed by atoms with Crippen molar-refractivity contribution in [2.24, 2.45) is 5.92 Å². The van der Waals surface area contributed by atoms with Gasteiger partial charge in [0.05, 0.1) is 12.6 Å². The van der Waals surface area contributed by atoms with Crippen molar-refractivity contribution >= 4 is 12.0 Å². The second-order valence-corrected chi connectivity index (χ2v) is 4.86. The number of hydrogen-bond acceptors (Lipinski definition) is 5. The summed E-state index contributed by atoms with van der Waals surface area (Å²) >= 11 is 0. The number of carbonyl (C=O) groups excluding carboxylic acids is 2. The molecule has 1 aliphatic rings. The Labute approximate surface area is 128 Å². The number of aromatic nitrogens is 1. The lowest BCUT2D eigenvalue weighted by Gasteiger charge is -2.44. The van der Waals surface area contributed by atoms with Crippen molar-refractivity contribution in [2.45, 2.75) is 24.9 Å². The first-order valence-corrected chi connectivity index (χ1v) is 6.65. The van der Waals surface area contributed by atoms with Crippen LogP contribution in [0.4, 0.5) is 18.0 Å². The number of amides is 2. The summed E-state index contributed by atoms with van der Waals surface area (Å²) in [7, 11) is 0. The van der Waals surface area contributed by atoms with Gasteiger partial charge in [-0.05, 0) is 18.6 Å². The van der Waals surface area contributed by atoms with E-state index in [1.807, 2.05) is 0 Å². The molecule has 10 heteroatoms. The average Bonchev–Trinajstić information content (AvgIpc) is 2.46. The Morgan fingerprint density at radius 3 is 2.74 bits per heavy atom. The minimum absolute atomic E-state index is 0.128. The van der Waals surface area contributed by atoms with Crippen molar-refractivity contribution in [1.29, 1.82) is 0 Å². The number of esters is 1. The molecule has 0 aliphatic carbocycles. The Kier molecular flexibility index (Phi) is 4.46. The summed E-state index contributed by atoms with van der Waals surface area (Å²) < 4.78 is 44.6. The molecule has 3 atom stereocenters. The van der Waals surface area contributed by atoms with Crippen molar-refractivity contribution < 1.29 is 32.6 Å². The zero-order chi connectivity index (χ0) is 17.3. The highest BCUT2D eigenvalue weighted by Crippen LogP contribution is 2.42. The number of aliphatic hydroxyl groups is 1. The third-order valence-corrected chi connectivity index (χ3v) is 3.39. The lowest BCUT2D eigenvalue weighted by molar-refractivity contribution is -0.294. The first kappa shape index (κ1) is 17.0. The van der Waals surface area contributed by atoms with Crippen LogP contribution in [0, 0.1) is 5.92 Å². The van der Waals surface area contributed by atoms with E-state index in [-0.39, 0.29) is 12.2 Å². The van der Waals surface area contributed by atoms with Gasteiger partial charge in [0.1, 0.15) is 5.92 Å². The monoisotopic (exact) mass is 333 g/mol. The van der Waals surface area contributed by atoms with Crippen molar-refractivity contribution in [3.8, 4) is 0 Å². The molecule has 2 rings (SSSR count). The van der Waals surface area contributed by atoms with Gasteiger partial charge < -0.3 is 20.5 Å². The van der Waals surface area contributed by atoms with Gasteiger partial charge in [-0.3, -0.25) is 9.78 Å². The number of halogens is 3. The zero-order valence-corrected chi connectivity index (χ0v) is 11.9. The fourth-order valence-corrected chi connectivity index (χ4v) is 2.37. The van der Waals surface area contributed by atoms with E-state index in [0.717, 1.165) is 0 Å². The van der Waals surface area contributed by atoms with Gasteiger partial charge in [-0.15, -0.1) is 0 Å². The number of nitrogens with one attached hydrogen (secondary N) is 2. The molecule has 1 fully saturated rings. The van der Waals surface area contributed by atoms with Crippen LogP contribution in [0.2, 0.25) is 0 Å². The molecule has 0 bridgehead atoms. The molecule has 1 aromatic rings. The normalized spacial score (nSPS) is 27.8. The van der Waals surface area contributed by atoms with Gasteiger partial charge in [0.2, 0.25) is 0 Å². The zero-order valence-electron chi connectivity index (χ0n) is 11.9. The Balaban J connectivity index is 2.54. The average molecular weight is 333 g/mol. The van der Waals surface area contributed by atoms with Gasteiger partial charge in [-0.2, -0.15) is 13.2 Å². The molecule has 7 nitrogen and oxygen atoms in total. The molecule has 1 saturated heterocycles. The van der Waals surface area contributed by atoms with E-state index in [1.54, 1.807) is 0 Å². The highest BCUT2D eigenvalue weighted by molar-refractivity contribution is 5.83. The predicted octanol–water partition coefficient (Wildman–Crippen LogP) is 0.866. The maximum absolute atomic E-state index is 13.3. The SMILES string of the molecule is CCOC(=O)[C@@H]1[C@@H](c2cccnc2)NC(=O)N[C@@]1(O)C(F)(F)F. The number of carbonyl (C=O) groups is 2. The van der Waals surface area contributed by atoms with Gasteiger partial charge in [-0.25, -0.2) is 4.79 Å². The molecule has 1 aromatic heterocycles. The van der Waals surface area contributed by atoms with Crippen molar-refractivity contribution in [1.82, 2.24) is 15.6 Å². The topological polar surface area (TPSA) is 101 Å². The maximum Gasteiger partial charge on any atom is 0.437 e. The molecule has 2 heterocycles. The van der Waals surface area contributed by atoms with Gasteiger partial charge in [0, 0.05) is 12.4 Å². The minimum Gasteiger partial charge on any atom is -0.466 e. The van der Waals surface area contributed by atoms with Gasteiger partial charge >= 0.3 is 18.2 Å². The van der Waals surface area contributed by atoms with Gasteiger partial charge in [0.25, 0.3) is 5.72 Å². The second kappa shape index (κ2) is 6.03. The Hall–Kier alpha value is -2.36. The molecule has 0 radical (unpaired) electrons. The Bertz CT molecular complexity index is 596. The number of nitrogens with zero attached hydrogens (tertiary/aromatic N) is 1. The molecule has 126 valence electrons. The Morgan fingerprint density at radius 1 is 1.52 bits per heavy atom. The van der Waals surface area contributed by atoms with Crippen LogP contribution in [0.25, 0.3) is 0 Å². The van der Waals surface area contributed by atoms with E-state index in [1.165, 1.54) is 36.8 Å². The number of hydrogen-bond donors (Lipinski definition) is 3. The molecule has 0 aromatic carbocycles. The van der Waals surface area contributed by atoms with E-state index in [4.69, 9.17) is 0 Å². The van der Waals surface area contributed by atoms with Crippen LogP contribution in [-0.4, -0.2) is 40.6 Å². The third kappa shape index (κ3) is 3.07. The summed E-state index contributed by atoms with van der Waals surface area (Å²) in [4.78, 5) is 27.4. The van der Waals surface area contributed by atoms with E-state index in [2.05, 4.69) is 15.0 Å². The largest absolute Gasteiger partial charge is 0.466 e. The summed E-state index contributed by atoms with van der Waals surface area (Å²) in [6, 6.07) is 0.0901. The second-order valence-electron chi connectivity index (χ2n) is 4.86. The number of alkyl halides is 3. The van der Waals surface area contributed by atoms with Crippen molar-refractivity contribution in [3.05, 3.63) is 30.1 Å². The fraction of sp³-hybridized carbons (Fsp3) is 0.462. The van der Waals surface area contributed by atoms with Crippen LogP contribution in [0.1, 0.15) is 18.5 Å². The first-order valence-electron chi connectivity index (χ1n) is 6.65. The molecule has 1 aliphatic heterocycles. The number of rotatable bonds is 3. The van der Waals surface area contributed by atoms with Crippen LogP contribution >= 0.6 is 0 Å².